The number of halogens is 4. The number of nitriles is 1. The number of alkyl halides is 3. The molecule has 15 heteroatoms. The number of aryl methyl sites for hydroxylation is 1. The molecule has 0 saturated carbocycles. The number of aromatic nitrogens is 1. The third-order valence-electron chi connectivity index (χ3n) is 7.46. The Kier molecular flexibility index (Phi) is 11.4. The summed E-state index contributed by atoms with van der Waals surface area (Å²) in [6.07, 6.45) is -3.80. The number of benzene rings is 1. The molecule has 2 amide bonds. The van der Waals surface area contributed by atoms with E-state index in [4.69, 9.17) is 31.7 Å². The molecule has 1 atom stereocenters. The molecule has 0 radical (unpaired) electrons. The van der Waals surface area contributed by atoms with E-state index in [0.717, 1.165) is 12.1 Å². The number of hydrogen-bond acceptors (Lipinski definition) is 8. The molecule has 1 N–H and O–H groups in total. The quantitative estimate of drug-likeness (QED) is 0.183. The Morgan fingerprint density at radius 2 is 1.78 bits per heavy atom. The van der Waals surface area contributed by atoms with Gasteiger partial charge in [-0.15, -0.1) is 0 Å². The van der Waals surface area contributed by atoms with Crippen molar-refractivity contribution in [1.29, 1.82) is 5.26 Å². The van der Waals surface area contributed by atoms with Crippen LogP contribution in [0.15, 0.2) is 24.4 Å². The average Bonchev–Trinajstić information content (AvgIpc) is 3.12. The number of rotatable bonds is 12. The Bertz CT molecular complexity index is 1520. The fourth-order valence-electron chi connectivity index (χ4n) is 4.45. The van der Waals surface area contributed by atoms with Gasteiger partial charge in [-0.3, -0.25) is 14.5 Å². The molecule has 0 aliphatic carbocycles. The highest BCUT2D eigenvalue weighted by Crippen LogP contribution is 2.42. The van der Waals surface area contributed by atoms with Gasteiger partial charge >= 0.3 is 6.18 Å². The zero-order valence-electron chi connectivity index (χ0n) is 26.7. The molecule has 1 saturated heterocycles. The van der Waals surface area contributed by atoms with Gasteiger partial charge in [-0.2, -0.15) is 18.4 Å². The molecule has 2 aromatic rings. The number of ether oxygens (including phenoxy) is 3. The molecule has 1 aliphatic heterocycles. The van der Waals surface area contributed by atoms with E-state index in [1.807, 2.05) is 27.7 Å². The van der Waals surface area contributed by atoms with Crippen molar-refractivity contribution in [2.75, 3.05) is 42.8 Å². The second kappa shape index (κ2) is 14.3. The summed E-state index contributed by atoms with van der Waals surface area (Å²) in [4.78, 5) is 31.8. The molecule has 1 aromatic heterocycles. The second-order valence-electron chi connectivity index (χ2n) is 12.2. The summed E-state index contributed by atoms with van der Waals surface area (Å²) < 4.78 is 72.6. The molecule has 2 heterocycles. The minimum atomic E-state index is -5.18. The summed E-state index contributed by atoms with van der Waals surface area (Å²) >= 11 is 5.47. The summed E-state index contributed by atoms with van der Waals surface area (Å²) in [5.74, 6) is -2.48. The van der Waals surface area contributed by atoms with Crippen LogP contribution in [-0.4, -0.2) is 66.5 Å². The summed E-state index contributed by atoms with van der Waals surface area (Å²) in [5, 5.41) is 11.7. The number of anilines is 2. The van der Waals surface area contributed by atoms with Crippen molar-refractivity contribution >= 4 is 40.5 Å². The molecule has 46 heavy (non-hydrogen) atoms. The van der Waals surface area contributed by atoms with Crippen LogP contribution in [0.1, 0.15) is 58.2 Å². The van der Waals surface area contributed by atoms with Gasteiger partial charge in [0.25, 0.3) is 5.91 Å². The summed E-state index contributed by atoms with van der Waals surface area (Å²) in [6, 6.07) is 4.68. The predicted octanol–water partition coefficient (Wildman–Crippen LogP) is 5.30. The number of carbonyl (C=O) groups excluding carboxylic acids is 2. The van der Waals surface area contributed by atoms with Gasteiger partial charge in [-0.05, 0) is 63.5 Å². The molecule has 0 bridgehead atoms. The molecule has 1 aliphatic rings. The average molecular weight is 668 g/mol. The first-order valence-corrected chi connectivity index (χ1v) is 14.8. The van der Waals surface area contributed by atoms with Crippen LogP contribution in [-0.2, 0) is 25.2 Å². The van der Waals surface area contributed by atoms with Gasteiger partial charge in [0, 0.05) is 11.6 Å². The van der Waals surface area contributed by atoms with Crippen LogP contribution < -0.4 is 19.9 Å². The molecule has 10 nitrogen and oxygen atoms in total. The molecule has 1 aromatic carbocycles. The fourth-order valence-corrected chi connectivity index (χ4v) is 4.97. The minimum absolute atomic E-state index is 0.00704. The summed E-state index contributed by atoms with van der Waals surface area (Å²) in [6.45, 7) is 13.5. The van der Waals surface area contributed by atoms with Crippen molar-refractivity contribution < 1.29 is 41.4 Å². The number of nitrogens with one attached hydrogen (secondary N) is 1. The third kappa shape index (κ3) is 8.09. The standard InChI is InChI=1S/C31H37F4N5O5S/c1-18-14-21(16-37-26(18)45-13-12-43-10-11-44-17-23(41)38-19(2)29(3,4)5)40-28(46)39(27(42)30(40,6)7)22-9-8-20(15-36)24(25(22)32)31(33,34)35/h8-9,14,16,19H,10-13,17H2,1-7H3,(H,38,41). The van der Waals surface area contributed by atoms with Gasteiger partial charge < -0.3 is 24.4 Å². The Morgan fingerprint density at radius 3 is 2.37 bits per heavy atom. The van der Waals surface area contributed by atoms with Gasteiger partial charge in [0.1, 0.15) is 24.3 Å². The van der Waals surface area contributed by atoms with Gasteiger partial charge in [0.2, 0.25) is 11.8 Å². The fraction of sp³-hybridized carbons (Fsp3) is 0.516. The Hall–Kier alpha value is -3.87. The van der Waals surface area contributed by atoms with E-state index >= 15 is 4.39 Å². The molecule has 3 rings (SSSR count). The maximum atomic E-state index is 15.3. The Labute approximate surface area is 270 Å². The van der Waals surface area contributed by atoms with Crippen molar-refractivity contribution in [2.45, 2.75) is 66.2 Å². The van der Waals surface area contributed by atoms with E-state index in [1.54, 1.807) is 13.0 Å². The summed E-state index contributed by atoms with van der Waals surface area (Å²) in [5.41, 5.74) is -4.00. The third-order valence-corrected chi connectivity index (χ3v) is 7.82. The number of hydrogen-bond donors (Lipinski definition) is 1. The lowest BCUT2D eigenvalue weighted by Gasteiger charge is -2.29. The molecule has 0 spiro atoms. The zero-order valence-corrected chi connectivity index (χ0v) is 27.5. The maximum Gasteiger partial charge on any atom is 0.420 e. The van der Waals surface area contributed by atoms with Crippen LogP contribution in [0, 0.1) is 29.5 Å². The predicted molar refractivity (Wildman–Crippen MR) is 166 cm³/mol. The molecular formula is C31H37F4N5O5S. The Morgan fingerprint density at radius 1 is 1.15 bits per heavy atom. The number of pyridine rings is 1. The molecule has 250 valence electrons. The summed E-state index contributed by atoms with van der Waals surface area (Å²) in [7, 11) is 0. The van der Waals surface area contributed by atoms with E-state index in [9.17, 15) is 22.8 Å². The van der Waals surface area contributed by atoms with Crippen LogP contribution >= 0.6 is 12.2 Å². The van der Waals surface area contributed by atoms with Gasteiger partial charge in [-0.25, -0.2) is 9.37 Å². The number of thiocarbonyl (C=S) groups is 1. The number of carbonyl (C=O) groups is 2. The zero-order chi connectivity index (χ0) is 34.6. The lowest BCUT2D eigenvalue weighted by Crippen LogP contribution is -2.44. The van der Waals surface area contributed by atoms with Crippen LogP contribution in [0.25, 0.3) is 0 Å². The first-order chi connectivity index (χ1) is 21.3. The monoisotopic (exact) mass is 667 g/mol. The van der Waals surface area contributed by atoms with Crippen molar-refractivity contribution in [3.63, 3.8) is 0 Å². The molecular weight excluding hydrogens is 630 g/mol. The Balaban J connectivity index is 1.60. The van der Waals surface area contributed by atoms with E-state index < -0.39 is 40.3 Å². The maximum absolute atomic E-state index is 15.3. The lowest BCUT2D eigenvalue weighted by molar-refractivity contribution is -0.140. The van der Waals surface area contributed by atoms with Crippen molar-refractivity contribution in [1.82, 2.24) is 10.3 Å². The SMILES string of the molecule is Cc1cc(N2C(=S)N(c3ccc(C#N)c(C(F)(F)F)c3F)C(=O)C2(C)C)cnc1OCCOCCOCC(=O)NC(C)C(C)(C)C. The van der Waals surface area contributed by atoms with Crippen LogP contribution in [0.5, 0.6) is 5.88 Å². The topological polar surface area (TPSA) is 117 Å². The number of nitrogens with zero attached hydrogens (tertiary/aromatic N) is 4. The first-order valence-electron chi connectivity index (χ1n) is 14.3. The largest absolute Gasteiger partial charge is 0.475 e. The van der Waals surface area contributed by atoms with E-state index in [1.165, 1.54) is 31.0 Å². The van der Waals surface area contributed by atoms with E-state index in [-0.39, 0.29) is 61.4 Å². The lowest BCUT2D eigenvalue weighted by atomic mass is 9.88. The normalized spacial score (nSPS) is 15.6. The smallest absolute Gasteiger partial charge is 0.420 e. The number of amides is 2. The van der Waals surface area contributed by atoms with Crippen molar-refractivity contribution in [3.8, 4) is 11.9 Å². The minimum Gasteiger partial charge on any atom is -0.475 e. The van der Waals surface area contributed by atoms with Crippen LogP contribution in [0.3, 0.4) is 0 Å². The van der Waals surface area contributed by atoms with E-state index in [0.29, 0.717) is 16.2 Å². The van der Waals surface area contributed by atoms with Crippen LogP contribution in [0.4, 0.5) is 28.9 Å². The molecule has 1 unspecified atom stereocenters. The highest BCUT2D eigenvalue weighted by Gasteiger charge is 2.52. The second-order valence-corrected chi connectivity index (χ2v) is 12.6. The van der Waals surface area contributed by atoms with E-state index in [2.05, 4.69) is 10.3 Å². The van der Waals surface area contributed by atoms with Crippen LogP contribution in [0.2, 0.25) is 0 Å². The van der Waals surface area contributed by atoms with Gasteiger partial charge in [0.15, 0.2) is 10.9 Å². The van der Waals surface area contributed by atoms with Crippen molar-refractivity contribution in [2.24, 2.45) is 5.41 Å². The highest BCUT2D eigenvalue weighted by atomic mass is 32.1. The highest BCUT2D eigenvalue weighted by molar-refractivity contribution is 7.81. The van der Waals surface area contributed by atoms with Gasteiger partial charge in [0.05, 0.1) is 49.0 Å². The molecule has 1 fully saturated rings. The first kappa shape index (κ1) is 36.6. The van der Waals surface area contributed by atoms with Crippen molar-refractivity contribution in [3.05, 3.63) is 46.9 Å². The van der Waals surface area contributed by atoms with Gasteiger partial charge in [-0.1, -0.05) is 20.8 Å².